The number of aromatic hydroxyl groups is 1. The summed E-state index contributed by atoms with van der Waals surface area (Å²) in [6, 6.07) is 11.7. The Kier molecular flexibility index (Phi) is 15.1. The first kappa shape index (κ1) is 26.8. The molecule has 0 aromatic heterocycles. The van der Waals surface area contributed by atoms with Crippen LogP contribution in [0, 0.1) is 0 Å². The van der Waals surface area contributed by atoms with Gasteiger partial charge in [-0.1, -0.05) is 115 Å². The van der Waals surface area contributed by atoms with Crippen molar-refractivity contribution in [3.63, 3.8) is 0 Å². The molecule has 0 aliphatic heterocycles. The maximum atomic E-state index is 9.90. The van der Waals surface area contributed by atoms with Gasteiger partial charge < -0.3 is 5.11 Å². The highest BCUT2D eigenvalue weighted by Gasteiger charge is 2.01. The molecule has 0 spiro atoms. The fourth-order valence-electron chi connectivity index (χ4n) is 4.21. The molecular formula is C29H45NOS. The Bertz CT molecular complexity index is 758. The predicted molar refractivity (Wildman–Crippen MR) is 146 cm³/mol. The van der Waals surface area contributed by atoms with Crippen LogP contribution in [-0.2, 0) is 0 Å². The average Bonchev–Trinajstić information content (AvgIpc) is 2.80. The van der Waals surface area contributed by atoms with Gasteiger partial charge in [0.1, 0.15) is 5.75 Å². The van der Waals surface area contributed by atoms with Gasteiger partial charge >= 0.3 is 0 Å². The highest BCUT2D eigenvalue weighted by molar-refractivity contribution is 7.99. The second kappa shape index (κ2) is 18.0. The van der Waals surface area contributed by atoms with Gasteiger partial charge in [-0.05, 0) is 35.1 Å². The molecule has 2 aromatic rings. The molecule has 0 heterocycles. The van der Waals surface area contributed by atoms with E-state index in [1.165, 1.54) is 95.6 Å². The van der Waals surface area contributed by atoms with Crippen molar-refractivity contribution in [2.75, 3.05) is 18.1 Å². The predicted octanol–water partition coefficient (Wildman–Crippen LogP) is 9.18. The van der Waals surface area contributed by atoms with E-state index in [-0.39, 0.29) is 0 Å². The van der Waals surface area contributed by atoms with E-state index < -0.39 is 0 Å². The van der Waals surface area contributed by atoms with Gasteiger partial charge in [0, 0.05) is 24.1 Å². The van der Waals surface area contributed by atoms with Gasteiger partial charge in [-0.25, -0.2) is 0 Å². The minimum atomic E-state index is 0.303. The minimum absolute atomic E-state index is 0.303. The Morgan fingerprint density at radius 3 is 2.00 bits per heavy atom. The van der Waals surface area contributed by atoms with Crippen LogP contribution in [0.4, 0.5) is 0 Å². The molecule has 0 amide bonds. The van der Waals surface area contributed by atoms with Crippen molar-refractivity contribution in [3.8, 4) is 5.75 Å². The Labute approximate surface area is 201 Å². The summed E-state index contributed by atoms with van der Waals surface area (Å²) in [5.41, 5.74) is 0.998. The summed E-state index contributed by atoms with van der Waals surface area (Å²) in [4.78, 5) is 4.58. The molecule has 0 unspecified atom stereocenters. The summed E-state index contributed by atoms with van der Waals surface area (Å²) < 4.78 is 0. The van der Waals surface area contributed by atoms with Gasteiger partial charge in [-0.2, -0.15) is 11.8 Å². The lowest BCUT2D eigenvalue weighted by Crippen LogP contribution is -1.91. The number of phenols is 1. The summed E-state index contributed by atoms with van der Waals surface area (Å²) >= 11 is 2.02. The molecule has 2 aromatic carbocycles. The summed E-state index contributed by atoms with van der Waals surface area (Å²) in [5, 5.41) is 12.1. The molecule has 2 nitrogen and oxygen atoms in total. The maximum absolute atomic E-state index is 9.90. The van der Waals surface area contributed by atoms with Gasteiger partial charge in [-0.15, -0.1) is 0 Å². The average molecular weight is 456 g/mol. The number of hydrogen-bond donors (Lipinski definition) is 1. The first-order chi connectivity index (χ1) is 15.8. The zero-order valence-corrected chi connectivity index (χ0v) is 21.2. The van der Waals surface area contributed by atoms with Crippen LogP contribution < -0.4 is 0 Å². The van der Waals surface area contributed by atoms with E-state index in [0.717, 1.165) is 28.6 Å². The molecule has 0 saturated carbocycles. The lowest BCUT2D eigenvalue weighted by Gasteiger charge is -2.04. The number of rotatable bonds is 19. The molecule has 0 saturated heterocycles. The van der Waals surface area contributed by atoms with Gasteiger partial charge in [0.25, 0.3) is 0 Å². The quantitative estimate of drug-likeness (QED) is 0.169. The molecule has 0 aliphatic rings. The van der Waals surface area contributed by atoms with Crippen LogP contribution >= 0.6 is 11.8 Å². The van der Waals surface area contributed by atoms with E-state index in [9.17, 15) is 5.11 Å². The molecule has 1 N–H and O–H groups in total. The van der Waals surface area contributed by atoms with Crippen molar-refractivity contribution in [3.05, 3.63) is 42.0 Å². The van der Waals surface area contributed by atoms with Crippen LogP contribution in [0.25, 0.3) is 10.8 Å². The Morgan fingerprint density at radius 1 is 0.750 bits per heavy atom. The van der Waals surface area contributed by atoms with E-state index in [4.69, 9.17) is 0 Å². The van der Waals surface area contributed by atoms with E-state index >= 15 is 0 Å². The second-order valence-corrected chi connectivity index (χ2v) is 10.2. The number of benzene rings is 2. The normalized spacial score (nSPS) is 11.7. The highest BCUT2D eigenvalue weighted by Crippen LogP contribution is 2.23. The molecule has 178 valence electrons. The Morgan fingerprint density at radius 2 is 1.34 bits per heavy atom. The van der Waals surface area contributed by atoms with Gasteiger partial charge in [0.15, 0.2) is 0 Å². The van der Waals surface area contributed by atoms with Crippen LogP contribution in [0.3, 0.4) is 0 Å². The van der Waals surface area contributed by atoms with Crippen molar-refractivity contribution in [2.24, 2.45) is 4.99 Å². The molecule has 32 heavy (non-hydrogen) atoms. The summed E-state index contributed by atoms with van der Waals surface area (Å²) in [6.07, 6.45) is 21.8. The van der Waals surface area contributed by atoms with Crippen molar-refractivity contribution in [2.45, 2.75) is 96.8 Å². The molecule has 0 fully saturated rings. The van der Waals surface area contributed by atoms with Crippen LogP contribution in [0.2, 0.25) is 0 Å². The third-order valence-electron chi connectivity index (χ3n) is 6.12. The van der Waals surface area contributed by atoms with Crippen molar-refractivity contribution in [1.29, 1.82) is 0 Å². The SMILES string of the molecule is CCCCCCCCCCCCCCCCSCCN=Cc1cc(O)cc2ccccc12. The van der Waals surface area contributed by atoms with E-state index in [2.05, 4.69) is 18.0 Å². The highest BCUT2D eigenvalue weighted by atomic mass is 32.2. The van der Waals surface area contributed by atoms with Crippen LogP contribution in [0.5, 0.6) is 5.75 Å². The number of fused-ring (bicyclic) bond motifs is 1. The zero-order valence-electron chi connectivity index (χ0n) is 20.4. The topological polar surface area (TPSA) is 32.6 Å². The van der Waals surface area contributed by atoms with Gasteiger partial charge in [-0.3, -0.25) is 4.99 Å². The van der Waals surface area contributed by atoms with E-state index in [1.807, 2.05) is 36.2 Å². The van der Waals surface area contributed by atoms with Gasteiger partial charge in [0.05, 0.1) is 0 Å². The number of unbranched alkanes of at least 4 members (excludes halogenated alkanes) is 13. The first-order valence-corrected chi connectivity index (χ1v) is 14.3. The van der Waals surface area contributed by atoms with E-state index in [1.54, 1.807) is 12.1 Å². The van der Waals surface area contributed by atoms with Crippen LogP contribution in [-0.4, -0.2) is 29.4 Å². The number of thioether (sulfide) groups is 1. The number of nitrogens with zero attached hydrogens (tertiary/aromatic N) is 1. The summed E-state index contributed by atoms with van der Waals surface area (Å²) in [5.74, 6) is 2.63. The van der Waals surface area contributed by atoms with Crippen molar-refractivity contribution >= 4 is 28.7 Å². The Hall–Kier alpha value is -1.48. The molecule has 0 atom stereocenters. The smallest absolute Gasteiger partial charge is 0.116 e. The monoisotopic (exact) mass is 455 g/mol. The van der Waals surface area contributed by atoms with Crippen LogP contribution in [0.1, 0.15) is 102 Å². The van der Waals surface area contributed by atoms with Gasteiger partial charge in [0.2, 0.25) is 0 Å². The van der Waals surface area contributed by atoms with E-state index in [0.29, 0.717) is 5.75 Å². The Balaban J connectivity index is 1.39. The fraction of sp³-hybridized carbons (Fsp3) is 0.621. The molecule has 3 heteroatoms. The number of hydrogen-bond acceptors (Lipinski definition) is 3. The third-order valence-corrected chi connectivity index (χ3v) is 7.16. The fourth-order valence-corrected chi connectivity index (χ4v) is 5.06. The summed E-state index contributed by atoms with van der Waals surface area (Å²) in [7, 11) is 0. The minimum Gasteiger partial charge on any atom is -0.508 e. The van der Waals surface area contributed by atoms with Crippen LogP contribution in [0.15, 0.2) is 41.4 Å². The molecule has 2 rings (SSSR count). The molecule has 0 aliphatic carbocycles. The largest absolute Gasteiger partial charge is 0.508 e. The number of aliphatic imine (C=N–C) groups is 1. The van der Waals surface area contributed by atoms with Crippen molar-refractivity contribution < 1.29 is 5.11 Å². The standard InChI is InChI=1S/C29H45NOS/c1-2-3-4-5-6-7-8-9-10-11-12-13-14-17-21-32-22-20-30-25-27-24-28(31)23-26-18-15-16-19-29(26)27/h15-16,18-19,23-25,31H,2-14,17,20-22H2,1H3. The second-order valence-electron chi connectivity index (χ2n) is 9.00. The third kappa shape index (κ3) is 11.9. The first-order valence-electron chi connectivity index (χ1n) is 13.1. The maximum Gasteiger partial charge on any atom is 0.116 e. The van der Waals surface area contributed by atoms with Crippen molar-refractivity contribution in [1.82, 2.24) is 0 Å². The molecule has 0 bridgehead atoms. The molecular weight excluding hydrogens is 410 g/mol. The zero-order chi connectivity index (χ0) is 22.7. The number of phenolic OH excluding ortho intramolecular Hbond substituents is 1. The lowest BCUT2D eigenvalue weighted by molar-refractivity contribution is 0.476. The summed E-state index contributed by atoms with van der Waals surface area (Å²) in [6.45, 7) is 3.13. The molecule has 0 radical (unpaired) electrons. The lowest BCUT2D eigenvalue weighted by atomic mass is 10.0.